The molecule has 21 heavy (non-hydrogen) atoms. The third-order valence-electron chi connectivity index (χ3n) is 3.41. The summed E-state index contributed by atoms with van der Waals surface area (Å²) in [5.74, 6) is 0.965. The third-order valence-corrected chi connectivity index (χ3v) is 3.90. The van der Waals surface area contributed by atoms with Gasteiger partial charge in [0.25, 0.3) is 0 Å². The number of aryl methyl sites for hydroxylation is 1. The van der Waals surface area contributed by atoms with E-state index in [0.717, 1.165) is 40.7 Å². The summed E-state index contributed by atoms with van der Waals surface area (Å²) in [5.41, 5.74) is 0.963. The normalized spacial score (nSPS) is 11.0. The Morgan fingerprint density at radius 3 is 3.00 bits per heavy atom. The second kappa shape index (κ2) is 6.22. The van der Waals surface area contributed by atoms with Crippen LogP contribution in [0.25, 0.3) is 10.9 Å². The van der Waals surface area contributed by atoms with Crippen molar-refractivity contribution in [3.63, 3.8) is 0 Å². The molecule has 0 saturated heterocycles. The van der Waals surface area contributed by atoms with Crippen molar-refractivity contribution in [2.24, 2.45) is 0 Å². The van der Waals surface area contributed by atoms with Gasteiger partial charge >= 0.3 is 0 Å². The highest BCUT2D eigenvalue weighted by Crippen LogP contribution is 2.25. The topological polar surface area (TPSA) is 46.8 Å². The van der Waals surface area contributed by atoms with E-state index in [1.165, 1.54) is 0 Å². The summed E-state index contributed by atoms with van der Waals surface area (Å²) in [6.45, 7) is 1.88. The lowest BCUT2D eigenvalue weighted by Gasteiger charge is -2.19. The molecule has 2 aromatic heterocycles. The smallest absolute Gasteiger partial charge is 0.139 e. The van der Waals surface area contributed by atoms with Gasteiger partial charge in [0.1, 0.15) is 12.1 Å². The first kappa shape index (κ1) is 14.0. The molecule has 3 aromatic rings. The van der Waals surface area contributed by atoms with Gasteiger partial charge in [-0.15, -0.1) is 0 Å². The van der Waals surface area contributed by atoms with Gasteiger partial charge in [-0.1, -0.05) is 15.9 Å². The number of rotatable bonds is 5. The van der Waals surface area contributed by atoms with E-state index in [1.54, 1.807) is 12.5 Å². The average molecular weight is 346 g/mol. The van der Waals surface area contributed by atoms with Gasteiger partial charge in [0.2, 0.25) is 0 Å². The number of nitrogens with zero attached hydrogens (tertiary/aromatic N) is 5. The minimum atomic E-state index is 0.927. The molecule has 0 unspecified atom stereocenters. The Morgan fingerprint density at radius 2 is 2.19 bits per heavy atom. The monoisotopic (exact) mass is 345 g/mol. The highest BCUT2D eigenvalue weighted by atomic mass is 79.9. The molecule has 0 fully saturated rings. The molecule has 5 nitrogen and oxygen atoms in total. The van der Waals surface area contributed by atoms with Gasteiger partial charge in [-0.2, -0.15) is 0 Å². The molecule has 0 aliphatic carbocycles. The molecular weight excluding hydrogens is 330 g/mol. The van der Waals surface area contributed by atoms with Crippen molar-refractivity contribution in [1.82, 2.24) is 19.5 Å². The Bertz CT molecular complexity index is 726. The lowest BCUT2D eigenvalue weighted by atomic mass is 10.2. The first-order chi connectivity index (χ1) is 10.2. The Hall–Kier alpha value is -1.95. The molecule has 0 atom stereocenters. The number of hydrogen-bond acceptors (Lipinski definition) is 4. The molecule has 0 saturated carbocycles. The molecule has 1 aromatic carbocycles. The maximum atomic E-state index is 4.44. The summed E-state index contributed by atoms with van der Waals surface area (Å²) in [5, 5.41) is 1.07. The molecule has 0 aliphatic rings. The first-order valence-electron chi connectivity index (χ1n) is 6.81. The van der Waals surface area contributed by atoms with Crippen LogP contribution >= 0.6 is 15.9 Å². The molecule has 3 rings (SSSR count). The van der Waals surface area contributed by atoms with Gasteiger partial charge < -0.3 is 9.47 Å². The minimum Gasteiger partial charge on any atom is -0.359 e. The summed E-state index contributed by atoms with van der Waals surface area (Å²) < 4.78 is 3.13. The third kappa shape index (κ3) is 3.21. The molecular formula is C15H16BrN5. The lowest BCUT2D eigenvalue weighted by molar-refractivity contribution is 0.636. The van der Waals surface area contributed by atoms with E-state index >= 15 is 0 Å². The fraction of sp³-hybridized carbons (Fsp3) is 0.267. The maximum Gasteiger partial charge on any atom is 0.139 e. The van der Waals surface area contributed by atoms with Crippen molar-refractivity contribution < 1.29 is 0 Å². The highest BCUT2D eigenvalue weighted by molar-refractivity contribution is 9.10. The van der Waals surface area contributed by atoms with Gasteiger partial charge in [-0.25, -0.2) is 15.0 Å². The fourth-order valence-electron chi connectivity index (χ4n) is 2.33. The van der Waals surface area contributed by atoms with Gasteiger partial charge in [-0.3, -0.25) is 0 Å². The van der Waals surface area contributed by atoms with E-state index in [-0.39, 0.29) is 0 Å². The standard InChI is InChI=1S/C15H16BrN5/c1-20(6-2-7-21-8-5-17-11-21)15-13-9-12(16)3-4-14(13)18-10-19-15/h3-5,8-11H,2,6-7H2,1H3. The largest absolute Gasteiger partial charge is 0.359 e. The molecule has 0 radical (unpaired) electrons. The molecule has 0 spiro atoms. The van der Waals surface area contributed by atoms with Crippen LogP contribution in [0.4, 0.5) is 5.82 Å². The van der Waals surface area contributed by atoms with Gasteiger partial charge in [0, 0.05) is 42.4 Å². The van der Waals surface area contributed by atoms with Gasteiger partial charge in [-0.05, 0) is 24.6 Å². The molecule has 0 bridgehead atoms. The zero-order chi connectivity index (χ0) is 14.7. The first-order valence-corrected chi connectivity index (χ1v) is 7.60. The summed E-state index contributed by atoms with van der Waals surface area (Å²) in [6.07, 6.45) is 8.29. The molecule has 0 aliphatic heterocycles. The summed E-state index contributed by atoms with van der Waals surface area (Å²) >= 11 is 3.51. The summed E-state index contributed by atoms with van der Waals surface area (Å²) in [6, 6.07) is 6.07. The number of anilines is 1. The zero-order valence-corrected chi connectivity index (χ0v) is 13.4. The van der Waals surface area contributed by atoms with Crippen molar-refractivity contribution in [2.45, 2.75) is 13.0 Å². The van der Waals surface area contributed by atoms with E-state index in [9.17, 15) is 0 Å². The molecule has 0 amide bonds. The van der Waals surface area contributed by atoms with Crippen LogP contribution in [0.5, 0.6) is 0 Å². The van der Waals surface area contributed by atoms with Crippen LogP contribution in [-0.4, -0.2) is 33.1 Å². The Labute approximate surface area is 131 Å². The van der Waals surface area contributed by atoms with Crippen LogP contribution in [0.2, 0.25) is 0 Å². The Kier molecular flexibility index (Phi) is 4.15. The van der Waals surface area contributed by atoms with Crippen LogP contribution in [0.3, 0.4) is 0 Å². The quantitative estimate of drug-likeness (QED) is 0.712. The molecule has 0 N–H and O–H groups in total. The Morgan fingerprint density at radius 1 is 1.29 bits per heavy atom. The zero-order valence-electron chi connectivity index (χ0n) is 11.8. The predicted octanol–water partition coefficient (Wildman–Crippen LogP) is 3.12. The fourth-order valence-corrected chi connectivity index (χ4v) is 2.70. The van der Waals surface area contributed by atoms with Crippen LogP contribution in [0.15, 0.2) is 47.7 Å². The molecule has 108 valence electrons. The minimum absolute atomic E-state index is 0.927. The van der Waals surface area contributed by atoms with Crippen LogP contribution in [0.1, 0.15) is 6.42 Å². The average Bonchev–Trinajstić information content (AvgIpc) is 2.99. The lowest BCUT2D eigenvalue weighted by Crippen LogP contribution is -2.21. The Balaban J connectivity index is 1.74. The summed E-state index contributed by atoms with van der Waals surface area (Å²) in [7, 11) is 2.07. The number of hydrogen-bond donors (Lipinski definition) is 0. The number of benzene rings is 1. The van der Waals surface area contributed by atoms with Crippen LogP contribution in [-0.2, 0) is 6.54 Å². The number of fused-ring (bicyclic) bond motifs is 1. The van der Waals surface area contributed by atoms with Crippen molar-refractivity contribution in [3.05, 3.63) is 47.7 Å². The van der Waals surface area contributed by atoms with Crippen molar-refractivity contribution in [1.29, 1.82) is 0 Å². The van der Waals surface area contributed by atoms with Crippen molar-refractivity contribution in [2.75, 3.05) is 18.5 Å². The highest BCUT2D eigenvalue weighted by Gasteiger charge is 2.08. The van der Waals surface area contributed by atoms with Crippen LogP contribution < -0.4 is 4.90 Å². The number of halogens is 1. The number of aromatic nitrogens is 4. The summed E-state index contributed by atoms with van der Waals surface area (Å²) in [4.78, 5) is 15.0. The van der Waals surface area contributed by atoms with Gasteiger partial charge in [0.05, 0.1) is 11.8 Å². The van der Waals surface area contributed by atoms with Crippen LogP contribution in [0, 0.1) is 0 Å². The SMILES string of the molecule is CN(CCCn1ccnc1)c1ncnc2ccc(Br)cc12. The van der Waals surface area contributed by atoms with Crippen molar-refractivity contribution in [3.8, 4) is 0 Å². The van der Waals surface area contributed by atoms with E-state index < -0.39 is 0 Å². The van der Waals surface area contributed by atoms with E-state index in [0.29, 0.717) is 0 Å². The molecule has 2 heterocycles. The van der Waals surface area contributed by atoms with E-state index in [4.69, 9.17) is 0 Å². The van der Waals surface area contributed by atoms with Crippen molar-refractivity contribution >= 4 is 32.7 Å². The second-order valence-electron chi connectivity index (χ2n) is 4.93. The predicted molar refractivity (Wildman–Crippen MR) is 87.4 cm³/mol. The second-order valence-corrected chi connectivity index (χ2v) is 5.85. The van der Waals surface area contributed by atoms with Gasteiger partial charge in [0.15, 0.2) is 0 Å². The maximum absolute atomic E-state index is 4.44. The van der Waals surface area contributed by atoms with E-state index in [2.05, 4.69) is 53.5 Å². The van der Waals surface area contributed by atoms with E-state index in [1.807, 2.05) is 24.7 Å². The number of imidazole rings is 1. The molecule has 6 heteroatoms.